The van der Waals surface area contributed by atoms with Gasteiger partial charge in [-0.1, -0.05) is 36.3 Å². The summed E-state index contributed by atoms with van der Waals surface area (Å²) in [6, 6.07) is 7.65. The quantitative estimate of drug-likeness (QED) is 0.943. The fourth-order valence-electron chi connectivity index (χ4n) is 2.55. The highest BCUT2D eigenvalue weighted by Crippen LogP contribution is 2.22. The van der Waals surface area contributed by atoms with E-state index in [0.29, 0.717) is 11.6 Å². The van der Waals surface area contributed by atoms with Crippen molar-refractivity contribution in [1.82, 2.24) is 9.78 Å². The van der Waals surface area contributed by atoms with Crippen LogP contribution in [-0.2, 0) is 7.05 Å². The van der Waals surface area contributed by atoms with E-state index in [2.05, 4.69) is 5.10 Å². The van der Waals surface area contributed by atoms with Crippen LogP contribution in [0.25, 0.3) is 10.6 Å². The molecule has 21 heavy (non-hydrogen) atoms. The zero-order chi connectivity index (χ0) is 14.8. The smallest absolute Gasteiger partial charge is 0.248 e. The van der Waals surface area contributed by atoms with Crippen LogP contribution in [0.15, 0.2) is 29.3 Å². The second-order valence-electron chi connectivity index (χ2n) is 5.32. The van der Waals surface area contributed by atoms with Crippen LogP contribution in [0.1, 0.15) is 36.0 Å². The molecule has 2 N–H and O–H groups in total. The molecule has 6 heteroatoms. The minimum absolute atomic E-state index is 0.414. The largest absolute Gasteiger partial charge is 0.366 e. The first-order valence-corrected chi connectivity index (χ1v) is 7.93. The number of benzene rings is 1. The Bertz CT molecular complexity index is 708. The second-order valence-corrected chi connectivity index (χ2v) is 6.28. The molecule has 5 nitrogen and oxygen atoms in total. The monoisotopic (exact) mass is 302 g/mol. The molecule has 1 heterocycles. The second kappa shape index (κ2) is 5.81. The van der Waals surface area contributed by atoms with Gasteiger partial charge in [0.05, 0.1) is 6.04 Å². The maximum Gasteiger partial charge on any atom is 0.248 e. The Kier molecular flexibility index (Phi) is 3.88. The Hall–Kier alpha value is -1.95. The van der Waals surface area contributed by atoms with Gasteiger partial charge in [0.2, 0.25) is 10.7 Å². The third-order valence-electron chi connectivity index (χ3n) is 3.74. The summed E-state index contributed by atoms with van der Waals surface area (Å²) in [5, 5.41) is 5.43. The van der Waals surface area contributed by atoms with Crippen LogP contribution in [0, 0.1) is 0 Å². The number of nitrogens with zero attached hydrogens (tertiary/aromatic N) is 3. The predicted octanol–water partition coefficient (Wildman–Crippen LogP) is 2.09. The average Bonchev–Trinajstić information content (AvgIpc) is 3.10. The number of hydrogen-bond acceptors (Lipinski definition) is 4. The van der Waals surface area contributed by atoms with Gasteiger partial charge in [-0.2, -0.15) is 5.10 Å². The summed E-state index contributed by atoms with van der Waals surface area (Å²) in [5.74, 6) is -0.414. The zero-order valence-corrected chi connectivity index (χ0v) is 12.8. The first kappa shape index (κ1) is 14.0. The van der Waals surface area contributed by atoms with Crippen molar-refractivity contribution in [2.75, 3.05) is 0 Å². The summed E-state index contributed by atoms with van der Waals surface area (Å²) in [6.45, 7) is 0. The molecule has 3 rings (SSSR count). The van der Waals surface area contributed by atoms with E-state index in [1.54, 1.807) is 23.5 Å². The number of nitrogens with two attached hydrogens (primary N) is 1. The fraction of sp³-hybridized carbons (Fsp3) is 0.400. The normalized spacial score (nSPS) is 16.5. The summed E-state index contributed by atoms with van der Waals surface area (Å²) < 4.78 is 1.83. The third-order valence-corrected chi connectivity index (χ3v) is 4.80. The first-order valence-electron chi connectivity index (χ1n) is 7.12. The standard InChI is InChI=1S/C15H18N4OS/c1-19-15(17-12-4-2-3-5-12)21-14(18-19)11-8-6-10(7-9-11)13(16)20/h6-9,12H,2-5H2,1H3,(H2,16,20). The number of hydrogen-bond donors (Lipinski definition) is 1. The van der Waals surface area contributed by atoms with Gasteiger partial charge in [-0.15, -0.1) is 0 Å². The maximum absolute atomic E-state index is 11.1. The van der Waals surface area contributed by atoms with Gasteiger partial charge in [0.15, 0.2) is 0 Å². The van der Waals surface area contributed by atoms with E-state index < -0.39 is 5.91 Å². The van der Waals surface area contributed by atoms with Crippen molar-refractivity contribution in [1.29, 1.82) is 0 Å². The molecular formula is C15H18N4OS. The van der Waals surface area contributed by atoms with Gasteiger partial charge in [0.25, 0.3) is 0 Å². The number of carbonyl (C=O) groups is 1. The van der Waals surface area contributed by atoms with Crippen molar-refractivity contribution in [2.45, 2.75) is 31.7 Å². The van der Waals surface area contributed by atoms with Gasteiger partial charge in [-0.05, 0) is 25.0 Å². The van der Waals surface area contributed by atoms with Crippen LogP contribution in [0.2, 0.25) is 0 Å². The molecule has 0 unspecified atom stereocenters. The Morgan fingerprint density at radius 1 is 1.33 bits per heavy atom. The lowest BCUT2D eigenvalue weighted by atomic mass is 10.1. The topological polar surface area (TPSA) is 73.3 Å². The molecule has 1 saturated carbocycles. The Morgan fingerprint density at radius 3 is 2.62 bits per heavy atom. The number of rotatable bonds is 3. The molecule has 1 amide bonds. The van der Waals surface area contributed by atoms with Crippen LogP contribution in [0.5, 0.6) is 0 Å². The highest BCUT2D eigenvalue weighted by molar-refractivity contribution is 7.12. The molecule has 1 aromatic carbocycles. The molecule has 0 saturated heterocycles. The molecule has 0 aliphatic heterocycles. The summed E-state index contributed by atoms with van der Waals surface area (Å²) in [5.41, 5.74) is 6.74. The molecule has 0 spiro atoms. The molecule has 2 aromatic rings. The van der Waals surface area contributed by atoms with Crippen molar-refractivity contribution in [3.63, 3.8) is 0 Å². The molecule has 1 aliphatic rings. The van der Waals surface area contributed by atoms with Crippen molar-refractivity contribution >= 4 is 17.2 Å². The molecule has 1 fully saturated rings. The van der Waals surface area contributed by atoms with E-state index in [0.717, 1.165) is 15.4 Å². The molecule has 0 atom stereocenters. The average molecular weight is 302 g/mol. The summed E-state index contributed by atoms with van der Waals surface area (Å²) in [7, 11) is 1.92. The zero-order valence-electron chi connectivity index (χ0n) is 12.0. The lowest BCUT2D eigenvalue weighted by Crippen LogP contribution is -2.15. The molecule has 0 bridgehead atoms. The molecule has 110 valence electrons. The number of carbonyl (C=O) groups excluding carboxylic acids is 1. The highest BCUT2D eigenvalue weighted by Gasteiger charge is 2.14. The van der Waals surface area contributed by atoms with Gasteiger partial charge in [-0.25, -0.2) is 4.68 Å². The van der Waals surface area contributed by atoms with E-state index in [1.165, 1.54) is 25.7 Å². The summed E-state index contributed by atoms with van der Waals surface area (Å²) in [4.78, 5) is 16.8. The van der Waals surface area contributed by atoms with Crippen molar-refractivity contribution in [2.24, 2.45) is 17.8 Å². The summed E-state index contributed by atoms with van der Waals surface area (Å²) in [6.07, 6.45) is 4.91. The number of primary amides is 1. The van der Waals surface area contributed by atoms with E-state index in [4.69, 9.17) is 10.7 Å². The minimum atomic E-state index is -0.414. The Labute approximate surface area is 127 Å². The number of amides is 1. The number of aromatic nitrogens is 2. The van der Waals surface area contributed by atoms with E-state index >= 15 is 0 Å². The van der Waals surface area contributed by atoms with E-state index in [-0.39, 0.29) is 0 Å². The van der Waals surface area contributed by atoms with Crippen LogP contribution < -0.4 is 10.5 Å². The SMILES string of the molecule is Cn1nc(-c2ccc(C(N)=O)cc2)sc1=NC1CCCC1. The lowest BCUT2D eigenvalue weighted by molar-refractivity contribution is 0.100. The van der Waals surface area contributed by atoms with Crippen LogP contribution in [-0.4, -0.2) is 21.7 Å². The van der Waals surface area contributed by atoms with Crippen LogP contribution in [0.4, 0.5) is 0 Å². The van der Waals surface area contributed by atoms with Gasteiger partial charge < -0.3 is 5.73 Å². The summed E-state index contributed by atoms with van der Waals surface area (Å²) >= 11 is 1.58. The van der Waals surface area contributed by atoms with Gasteiger partial charge in [-0.3, -0.25) is 9.79 Å². The minimum Gasteiger partial charge on any atom is -0.366 e. The fourth-order valence-corrected chi connectivity index (χ4v) is 3.51. The predicted molar refractivity (Wildman–Crippen MR) is 82.9 cm³/mol. The molecule has 1 aliphatic carbocycles. The maximum atomic E-state index is 11.1. The first-order chi connectivity index (χ1) is 10.1. The van der Waals surface area contributed by atoms with Gasteiger partial charge >= 0.3 is 0 Å². The van der Waals surface area contributed by atoms with Crippen LogP contribution >= 0.6 is 11.3 Å². The van der Waals surface area contributed by atoms with Crippen LogP contribution in [0.3, 0.4) is 0 Å². The molecular weight excluding hydrogens is 284 g/mol. The number of aryl methyl sites for hydroxylation is 1. The van der Waals surface area contributed by atoms with Crippen molar-refractivity contribution in [3.05, 3.63) is 34.6 Å². The van der Waals surface area contributed by atoms with E-state index in [1.807, 2.05) is 23.9 Å². The van der Waals surface area contributed by atoms with E-state index in [9.17, 15) is 4.79 Å². The molecule has 1 aromatic heterocycles. The van der Waals surface area contributed by atoms with Crippen molar-refractivity contribution < 1.29 is 4.79 Å². The molecule has 0 radical (unpaired) electrons. The Balaban J connectivity index is 1.91. The Morgan fingerprint density at radius 2 is 2.00 bits per heavy atom. The van der Waals surface area contributed by atoms with Gasteiger partial charge in [0.1, 0.15) is 5.01 Å². The van der Waals surface area contributed by atoms with Gasteiger partial charge in [0, 0.05) is 18.2 Å². The third kappa shape index (κ3) is 3.05. The highest BCUT2D eigenvalue weighted by atomic mass is 32.1. The van der Waals surface area contributed by atoms with Crippen molar-refractivity contribution in [3.8, 4) is 10.6 Å². The lowest BCUT2D eigenvalue weighted by Gasteiger charge is -1.98.